The number of aromatic amines is 1. The van der Waals surface area contributed by atoms with Crippen LogP contribution in [0.1, 0.15) is 23.1 Å². The number of carbonyl (C=O) groups is 7. The number of aromatic nitrogens is 1. The van der Waals surface area contributed by atoms with E-state index in [9.17, 15) is 48.9 Å². The van der Waals surface area contributed by atoms with Gasteiger partial charge in [0.15, 0.2) is 0 Å². The first-order valence-electron chi connectivity index (χ1n) is 17.9. The molecule has 1 aromatic heterocycles. The summed E-state index contributed by atoms with van der Waals surface area (Å²) >= 11 is 3.96. The zero-order valence-corrected chi connectivity index (χ0v) is 31.5. The third-order valence-electron chi connectivity index (χ3n) is 8.91. The van der Waals surface area contributed by atoms with Crippen LogP contribution < -0.4 is 32.3 Å². The number of carbonyl (C=O) groups excluding carboxylic acids is 5. The number of para-hydroxylation sites is 1. The highest BCUT2D eigenvalue weighted by Gasteiger charge is 2.34. The predicted octanol–water partition coefficient (Wildman–Crippen LogP) is -0.571. The van der Waals surface area contributed by atoms with Crippen molar-refractivity contribution in [2.24, 2.45) is 5.73 Å². The molecule has 18 heteroatoms. The first-order chi connectivity index (χ1) is 27.3. The molecule has 0 radical (unpaired) electrons. The van der Waals surface area contributed by atoms with Gasteiger partial charge in [0.05, 0.1) is 19.1 Å². The Balaban J connectivity index is 1.51. The van der Waals surface area contributed by atoms with Crippen LogP contribution in [0.2, 0.25) is 0 Å². The summed E-state index contributed by atoms with van der Waals surface area (Å²) in [6.07, 6.45) is 0.588. The second-order valence-electron chi connectivity index (χ2n) is 13.2. The van der Waals surface area contributed by atoms with Crippen molar-refractivity contribution in [3.8, 4) is 0 Å². The second-order valence-corrected chi connectivity index (χ2v) is 13.5. The van der Waals surface area contributed by atoms with Crippen LogP contribution in [0.25, 0.3) is 10.9 Å². The van der Waals surface area contributed by atoms with Crippen LogP contribution in [0.15, 0.2) is 91.1 Å². The van der Waals surface area contributed by atoms with E-state index in [0.29, 0.717) is 11.1 Å². The van der Waals surface area contributed by atoms with Gasteiger partial charge in [-0.05, 0) is 29.2 Å². The number of carboxylic acid groups (broad SMARTS) is 2. The van der Waals surface area contributed by atoms with Crippen molar-refractivity contribution in [2.75, 3.05) is 12.4 Å². The highest BCUT2D eigenvalue weighted by Crippen LogP contribution is 2.19. The van der Waals surface area contributed by atoms with Crippen LogP contribution >= 0.6 is 12.6 Å². The number of rotatable bonds is 21. The number of carboxylic acids is 2. The minimum atomic E-state index is -1.78. The van der Waals surface area contributed by atoms with Gasteiger partial charge >= 0.3 is 11.9 Å². The maximum absolute atomic E-state index is 13.9. The van der Waals surface area contributed by atoms with Crippen molar-refractivity contribution in [2.45, 2.75) is 61.9 Å². The van der Waals surface area contributed by atoms with Gasteiger partial charge in [-0.1, -0.05) is 78.9 Å². The number of fused-ring (bicyclic) bond motifs is 1. The highest BCUT2D eigenvalue weighted by molar-refractivity contribution is 7.80. The maximum atomic E-state index is 13.9. The van der Waals surface area contributed by atoms with Gasteiger partial charge in [0.1, 0.15) is 30.2 Å². The summed E-state index contributed by atoms with van der Waals surface area (Å²) in [5, 5.41) is 42.1. The van der Waals surface area contributed by atoms with Crippen LogP contribution in [0.4, 0.5) is 0 Å². The fourth-order valence-electron chi connectivity index (χ4n) is 5.88. The van der Waals surface area contributed by atoms with Crippen LogP contribution in [-0.4, -0.2) is 110 Å². The lowest BCUT2D eigenvalue weighted by Crippen LogP contribution is -2.60. The number of amides is 5. The molecule has 0 fully saturated rings. The van der Waals surface area contributed by atoms with E-state index in [0.717, 1.165) is 16.5 Å². The SMILES string of the molecule is N[C@@H](Cc1c[nH]c2ccccc12)C(=O)N[C@@H](CO)C(=O)N[C@@H](Cc1ccccc1)C(=O)N[C@@H](CC(=O)O)C(=O)N[C@@H](Cc1ccccc1)C(=O)N[C@@H](CS)C(=O)O. The predicted molar refractivity (Wildman–Crippen MR) is 211 cm³/mol. The first kappa shape index (κ1) is 43.5. The zero-order valence-electron chi connectivity index (χ0n) is 30.6. The average molecular weight is 804 g/mol. The van der Waals surface area contributed by atoms with Crippen LogP contribution in [0.5, 0.6) is 0 Å². The molecular weight excluding hydrogens is 759 g/mol. The second kappa shape index (κ2) is 21.2. The minimum absolute atomic E-state index is 0.102. The van der Waals surface area contributed by atoms with E-state index < -0.39 is 90.8 Å². The summed E-state index contributed by atoms with van der Waals surface area (Å²) < 4.78 is 0. The Labute approximate surface area is 332 Å². The first-order valence-corrected chi connectivity index (χ1v) is 18.5. The lowest BCUT2D eigenvalue weighted by Gasteiger charge is -2.26. The summed E-state index contributed by atoms with van der Waals surface area (Å²) in [5.74, 6) is -7.85. The zero-order chi connectivity index (χ0) is 41.5. The van der Waals surface area contributed by atoms with E-state index in [2.05, 4.69) is 44.2 Å². The fraction of sp³-hybridized carbons (Fsp3) is 0.308. The minimum Gasteiger partial charge on any atom is -0.481 e. The van der Waals surface area contributed by atoms with E-state index in [1.807, 2.05) is 24.3 Å². The normalized spacial score (nSPS) is 14.2. The van der Waals surface area contributed by atoms with Crippen LogP contribution in [0.3, 0.4) is 0 Å². The van der Waals surface area contributed by atoms with Gasteiger partial charge in [0.25, 0.3) is 0 Å². The molecular formula is C39H45N7O10S. The van der Waals surface area contributed by atoms with Gasteiger partial charge < -0.3 is 52.6 Å². The van der Waals surface area contributed by atoms with Gasteiger partial charge in [-0.25, -0.2) is 4.79 Å². The number of nitrogens with two attached hydrogens (primary N) is 1. The number of aliphatic hydroxyl groups is 1. The topological polar surface area (TPSA) is 282 Å². The molecule has 0 saturated heterocycles. The van der Waals surface area contributed by atoms with Crippen molar-refractivity contribution in [3.05, 3.63) is 108 Å². The smallest absolute Gasteiger partial charge is 0.327 e. The van der Waals surface area contributed by atoms with Gasteiger partial charge in [-0.2, -0.15) is 12.6 Å². The van der Waals surface area contributed by atoms with Crippen molar-refractivity contribution in [3.63, 3.8) is 0 Å². The lowest BCUT2D eigenvalue weighted by atomic mass is 10.0. The van der Waals surface area contributed by atoms with Gasteiger partial charge in [0, 0.05) is 35.7 Å². The summed E-state index contributed by atoms with van der Waals surface area (Å²) in [5.41, 5.74) is 8.90. The third-order valence-corrected chi connectivity index (χ3v) is 9.27. The fourth-order valence-corrected chi connectivity index (χ4v) is 6.13. The summed E-state index contributed by atoms with van der Waals surface area (Å²) in [6.45, 7) is -0.873. The Bertz CT molecular complexity index is 2030. The quantitative estimate of drug-likeness (QED) is 0.0475. The number of benzene rings is 3. The number of aliphatic carboxylic acids is 2. The number of hydrogen-bond acceptors (Lipinski definition) is 10. The molecule has 302 valence electrons. The Morgan fingerprint density at radius 2 is 1.05 bits per heavy atom. The third kappa shape index (κ3) is 12.9. The summed E-state index contributed by atoms with van der Waals surface area (Å²) in [7, 11) is 0. The number of thiol groups is 1. The van der Waals surface area contributed by atoms with E-state index in [1.54, 1.807) is 66.9 Å². The highest BCUT2D eigenvalue weighted by atomic mass is 32.1. The molecule has 57 heavy (non-hydrogen) atoms. The lowest BCUT2D eigenvalue weighted by molar-refractivity contribution is -0.143. The van der Waals surface area contributed by atoms with Gasteiger partial charge in [-0.15, -0.1) is 0 Å². The molecule has 17 nitrogen and oxygen atoms in total. The maximum Gasteiger partial charge on any atom is 0.327 e. The van der Waals surface area contributed by atoms with E-state index in [4.69, 9.17) is 5.73 Å². The molecule has 11 N–H and O–H groups in total. The van der Waals surface area contributed by atoms with Crippen molar-refractivity contribution in [1.29, 1.82) is 0 Å². The van der Waals surface area contributed by atoms with E-state index >= 15 is 0 Å². The molecule has 0 bridgehead atoms. The average Bonchev–Trinajstić information content (AvgIpc) is 3.60. The number of aliphatic hydroxyl groups excluding tert-OH is 1. The molecule has 1 heterocycles. The molecule has 5 amide bonds. The van der Waals surface area contributed by atoms with E-state index in [1.165, 1.54) is 0 Å². The molecule has 4 aromatic rings. The Morgan fingerprint density at radius 1 is 0.596 bits per heavy atom. The van der Waals surface area contributed by atoms with Crippen molar-refractivity contribution < 1.29 is 48.9 Å². The molecule has 3 aromatic carbocycles. The van der Waals surface area contributed by atoms with Crippen LogP contribution in [-0.2, 0) is 52.8 Å². The largest absolute Gasteiger partial charge is 0.481 e. The Morgan fingerprint density at radius 3 is 1.56 bits per heavy atom. The van der Waals surface area contributed by atoms with Crippen molar-refractivity contribution in [1.82, 2.24) is 31.6 Å². The summed E-state index contributed by atoms with van der Waals surface area (Å²) in [4.78, 5) is 94.0. The van der Waals surface area contributed by atoms with Gasteiger partial charge in [0.2, 0.25) is 29.5 Å². The standard InChI is InChI=1S/C39H45N7O10S/c40-26(17-24-19-41-27-14-8-7-13-25(24)27)34(50)45-31(20-47)38(54)43-28(15-22-9-3-1-4-10-22)35(51)44-30(18-33(48)49)37(53)42-29(16-23-11-5-2-6-12-23)36(52)46-32(21-57)39(55)56/h1-14,19,26,28-32,41,47,57H,15-18,20-21,40H2,(H,42,53)(H,43,54)(H,44,51)(H,45,50)(H,46,52)(H,48,49)(H,55,56)/t26-,28-,29-,30-,31-,32-/m0/s1. The molecule has 0 saturated carbocycles. The Hall–Kier alpha value is -6.24. The van der Waals surface area contributed by atoms with E-state index in [-0.39, 0.29) is 25.0 Å². The molecule has 4 rings (SSSR count). The molecule has 6 atom stereocenters. The van der Waals surface area contributed by atoms with Gasteiger partial charge in [-0.3, -0.25) is 28.8 Å². The number of hydrogen-bond donors (Lipinski definition) is 11. The molecule has 0 aliphatic heterocycles. The molecule has 0 aliphatic rings. The van der Waals surface area contributed by atoms with Crippen molar-refractivity contribution >= 4 is 65.0 Å². The molecule has 0 unspecified atom stereocenters. The monoisotopic (exact) mass is 803 g/mol. The number of H-pyrrole nitrogens is 1. The van der Waals surface area contributed by atoms with Crippen LogP contribution in [0, 0.1) is 0 Å². The Kier molecular flexibility index (Phi) is 16.1. The molecule has 0 spiro atoms. The number of nitrogens with one attached hydrogen (secondary N) is 6. The summed E-state index contributed by atoms with van der Waals surface area (Å²) in [6, 6.07) is 15.5. The molecule has 0 aliphatic carbocycles.